The van der Waals surface area contributed by atoms with Crippen molar-refractivity contribution in [3.05, 3.63) is 34.3 Å². The van der Waals surface area contributed by atoms with E-state index < -0.39 is 0 Å². The maximum Gasteiger partial charge on any atom is 0.290 e. The third-order valence-electron chi connectivity index (χ3n) is 4.48. The smallest absolute Gasteiger partial charge is 0.290 e. The quantitative estimate of drug-likeness (QED) is 0.428. The monoisotopic (exact) mass is 384 g/mol. The third kappa shape index (κ3) is 10.0. The van der Waals surface area contributed by atoms with Crippen molar-refractivity contribution in [3.8, 4) is 0 Å². The molecule has 0 spiro atoms. The number of aliphatic hydroxyl groups excluding tert-OH is 1. The molecule has 0 heterocycles. The highest BCUT2D eigenvalue weighted by Crippen LogP contribution is 2.40. The maximum atomic E-state index is 10.5. The zero-order valence-electron chi connectivity index (χ0n) is 18.5. The molecule has 5 heteroatoms. The Bertz CT molecular complexity index is 489. The minimum Gasteiger partial charge on any atom is -0.512 e. The Labute approximate surface area is 165 Å². The fourth-order valence-electron chi connectivity index (χ4n) is 3.28. The van der Waals surface area contributed by atoms with Crippen LogP contribution >= 0.6 is 0 Å². The van der Waals surface area contributed by atoms with Crippen molar-refractivity contribution < 1.29 is 24.5 Å². The van der Waals surface area contributed by atoms with Gasteiger partial charge in [0.25, 0.3) is 6.47 Å². The molecule has 1 aliphatic rings. The molecule has 27 heavy (non-hydrogen) atoms. The summed E-state index contributed by atoms with van der Waals surface area (Å²) in [5.74, 6) is 1.98. The molecule has 5 nitrogen and oxygen atoms in total. The van der Waals surface area contributed by atoms with Crippen LogP contribution in [-0.2, 0) is 14.3 Å². The van der Waals surface area contributed by atoms with E-state index in [1.165, 1.54) is 11.1 Å². The number of hydrogen-bond acceptors (Lipinski definition) is 4. The van der Waals surface area contributed by atoms with Gasteiger partial charge in [0.1, 0.15) is 18.3 Å². The molecule has 0 saturated carbocycles. The van der Waals surface area contributed by atoms with E-state index in [0.717, 1.165) is 37.0 Å². The molecular weight excluding hydrogens is 344 g/mol. The summed E-state index contributed by atoms with van der Waals surface area (Å²) >= 11 is 0. The summed E-state index contributed by atoms with van der Waals surface area (Å²) in [7, 11) is 1.71. The van der Waals surface area contributed by atoms with Crippen molar-refractivity contribution >= 4 is 13.3 Å². The summed E-state index contributed by atoms with van der Waals surface area (Å²) in [5, 5.41) is 17.4. The number of carbonyl (C=O) groups is 2. The molecule has 158 valence electrons. The highest BCUT2D eigenvalue weighted by molar-refractivity contribution is 5.40. The number of rotatable bonds is 6. The Morgan fingerprint density at radius 1 is 1.26 bits per heavy atom. The van der Waals surface area contributed by atoms with Crippen LogP contribution < -0.4 is 0 Å². The van der Waals surface area contributed by atoms with Gasteiger partial charge in [0, 0.05) is 11.5 Å². The summed E-state index contributed by atoms with van der Waals surface area (Å²) in [6.45, 7) is 16.5. The third-order valence-corrected chi connectivity index (χ3v) is 4.48. The molecule has 2 N–H and O–H groups in total. The summed E-state index contributed by atoms with van der Waals surface area (Å²) in [4.78, 5) is 16.4. The van der Waals surface area contributed by atoms with E-state index in [1.807, 2.05) is 20.6 Å². The van der Waals surface area contributed by atoms with Gasteiger partial charge in [-0.1, -0.05) is 52.7 Å². The fraction of sp³-hybridized carbons (Fsp3) is 0.636. The van der Waals surface area contributed by atoms with Gasteiger partial charge >= 0.3 is 0 Å². The summed E-state index contributed by atoms with van der Waals surface area (Å²) in [5.41, 5.74) is 3.63. The predicted molar refractivity (Wildman–Crippen MR) is 113 cm³/mol. The normalized spacial score (nSPS) is 18.9. The highest BCUT2D eigenvalue weighted by atomic mass is 16.5. The molecule has 0 aromatic carbocycles. The van der Waals surface area contributed by atoms with Crippen molar-refractivity contribution in [1.29, 1.82) is 0 Å². The number of allylic oxidation sites excluding steroid dienone is 5. The molecule has 0 amide bonds. The molecular formula is C22H40O5. The molecule has 2 atom stereocenters. The van der Waals surface area contributed by atoms with Crippen LogP contribution in [0.2, 0.25) is 0 Å². The summed E-state index contributed by atoms with van der Waals surface area (Å²) in [6.07, 6.45) is 6.29. The SMILES string of the molecule is C=O.CC.CCC/C(C)=C/CC1=C(O)C(C)C(CC)C(C)=C1OC.O=CO. The number of aliphatic hydroxyl groups is 1. The first-order valence-corrected chi connectivity index (χ1v) is 9.58. The number of hydrogen-bond donors (Lipinski definition) is 2. The second-order valence-corrected chi connectivity index (χ2v) is 5.99. The Hall–Kier alpha value is -2.04. The molecule has 1 rings (SSSR count). The van der Waals surface area contributed by atoms with Crippen molar-refractivity contribution in [1.82, 2.24) is 0 Å². The first kappa shape index (κ1) is 29.7. The Morgan fingerprint density at radius 2 is 1.74 bits per heavy atom. The largest absolute Gasteiger partial charge is 0.512 e. The molecule has 0 bridgehead atoms. The van der Waals surface area contributed by atoms with Crippen LogP contribution in [0, 0.1) is 11.8 Å². The Balaban J connectivity index is -0.000000725. The molecule has 0 aromatic heterocycles. The second-order valence-electron chi connectivity index (χ2n) is 5.99. The van der Waals surface area contributed by atoms with E-state index in [9.17, 15) is 5.11 Å². The van der Waals surface area contributed by atoms with Crippen molar-refractivity contribution in [2.24, 2.45) is 11.8 Å². The van der Waals surface area contributed by atoms with E-state index in [-0.39, 0.29) is 12.4 Å². The van der Waals surface area contributed by atoms with E-state index in [1.54, 1.807) is 7.11 Å². The maximum absolute atomic E-state index is 10.5. The van der Waals surface area contributed by atoms with Gasteiger partial charge in [-0.05, 0) is 44.6 Å². The lowest BCUT2D eigenvalue weighted by Crippen LogP contribution is -2.23. The van der Waals surface area contributed by atoms with Crippen molar-refractivity contribution in [3.63, 3.8) is 0 Å². The van der Waals surface area contributed by atoms with E-state index in [2.05, 4.69) is 40.7 Å². The van der Waals surface area contributed by atoms with Gasteiger partial charge in [-0.25, -0.2) is 0 Å². The molecule has 0 saturated heterocycles. The van der Waals surface area contributed by atoms with Crippen molar-refractivity contribution in [2.45, 2.75) is 74.1 Å². The summed E-state index contributed by atoms with van der Waals surface area (Å²) < 4.78 is 5.59. The lowest BCUT2D eigenvalue weighted by atomic mass is 9.77. The Kier molecular flexibility index (Phi) is 20.6. The highest BCUT2D eigenvalue weighted by Gasteiger charge is 2.32. The van der Waals surface area contributed by atoms with Crippen molar-refractivity contribution in [2.75, 3.05) is 7.11 Å². The van der Waals surface area contributed by atoms with E-state index >= 15 is 0 Å². The topological polar surface area (TPSA) is 83.8 Å². The van der Waals surface area contributed by atoms with Crippen LogP contribution in [-0.4, -0.2) is 30.6 Å². The first-order valence-electron chi connectivity index (χ1n) is 9.58. The van der Waals surface area contributed by atoms with Crippen LogP contribution in [0.1, 0.15) is 74.1 Å². The zero-order valence-corrected chi connectivity index (χ0v) is 18.5. The zero-order chi connectivity index (χ0) is 22.0. The molecule has 0 aromatic rings. The van der Waals surface area contributed by atoms with Crippen LogP contribution in [0.15, 0.2) is 34.3 Å². The average Bonchev–Trinajstić information content (AvgIpc) is 2.68. The van der Waals surface area contributed by atoms with Gasteiger partial charge in [-0.3, -0.25) is 4.79 Å². The first-order chi connectivity index (χ1) is 12.9. The average molecular weight is 385 g/mol. The van der Waals surface area contributed by atoms with Gasteiger partial charge in [-0.2, -0.15) is 0 Å². The molecule has 1 aliphatic carbocycles. The van der Waals surface area contributed by atoms with Gasteiger partial charge in [-0.15, -0.1) is 0 Å². The van der Waals surface area contributed by atoms with Gasteiger partial charge in [0.2, 0.25) is 0 Å². The van der Waals surface area contributed by atoms with Gasteiger partial charge in [0.05, 0.1) is 7.11 Å². The standard InChI is InChI=1S/C18H30O2.C2H6.CH2O2.CH2O/c1-7-9-12(3)10-11-16-17(19)13(4)15(8-2)14(5)18(16)20-6;1-2;2-1-3;1-2/h10,13,15,19H,7-9,11H2,1-6H3;1-2H3;1H,(H,2,3);1H2/b12-10+;;;. The molecule has 2 unspecified atom stereocenters. The van der Waals surface area contributed by atoms with Crippen LogP contribution in [0.5, 0.6) is 0 Å². The minimum atomic E-state index is -0.250. The van der Waals surface area contributed by atoms with Crippen LogP contribution in [0.25, 0.3) is 0 Å². The van der Waals surface area contributed by atoms with Crippen LogP contribution in [0.4, 0.5) is 0 Å². The lowest BCUT2D eigenvalue weighted by molar-refractivity contribution is -0.122. The Morgan fingerprint density at radius 3 is 2.11 bits per heavy atom. The van der Waals surface area contributed by atoms with Crippen LogP contribution in [0.3, 0.4) is 0 Å². The van der Waals surface area contributed by atoms with E-state index in [0.29, 0.717) is 11.7 Å². The predicted octanol–water partition coefficient (Wildman–Crippen LogP) is 6.07. The lowest BCUT2D eigenvalue weighted by Gasteiger charge is -2.32. The molecule has 0 aliphatic heterocycles. The number of methoxy groups -OCH3 is 1. The van der Waals surface area contributed by atoms with Gasteiger partial charge in [0.15, 0.2) is 0 Å². The molecule has 0 radical (unpaired) electrons. The van der Waals surface area contributed by atoms with E-state index in [4.69, 9.17) is 19.4 Å². The second kappa shape index (κ2) is 18.7. The molecule has 0 fully saturated rings. The van der Waals surface area contributed by atoms with Gasteiger partial charge < -0.3 is 19.7 Å². The number of carbonyl (C=O) groups excluding carboxylic acids is 1. The number of carboxylic acid groups (broad SMARTS) is 1. The minimum absolute atomic E-state index is 0.189. The summed E-state index contributed by atoms with van der Waals surface area (Å²) in [6, 6.07) is 0. The fourth-order valence-corrected chi connectivity index (χ4v) is 3.28. The number of ether oxygens (including phenoxy) is 1.